The minimum atomic E-state index is -0.0849. The van der Waals surface area contributed by atoms with Gasteiger partial charge in [0.25, 0.3) is 0 Å². The topological polar surface area (TPSA) is 38.7 Å². The van der Waals surface area contributed by atoms with E-state index in [1.807, 2.05) is 60.7 Å². The molecule has 0 saturated carbocycles. The van der Waals surface area contributed by atoms with Gasteiger partial charge in [-0.25, -0.2) is 15.0 Å². The van der Waals surface area contributed by atoms with E-state index in [2.05, 4.69) is 117 Å². The lowest BCUT2D eigenvalue weighted by atomic mass is 9.80. The van der Waals surface area contributed by atoms with E-state index in [4.69, 9.17) is 15.0 Å². The highest BCUT2D eigenvalue weighted by Crippen LogP contribution is 2.54. The third kappa shape index (κ3) is 4.94. The SMILES string of the molecule is CC1(C)c2ccccc2-c2c1cc1ccccc1c2-c1cccc(-c2cccc(-c3nc(-c4ccccc4)nc(-c4ccccc4)n3)c2)c1. The molecule has 0 fully saturated rings. The molecular formula is C46H33N3. The predicted molar refractivity (Wildman–Crippen MR) is 202 cm³/mol. The first-order valence-corrected chi connectivity index (χ1v) is 16.8. The summed E-state index contributed by atoms with van der Waals surface area (Å²) in [4.78, 5) is 14.9. The van der Waals surface area contributed by atoms with Gasteiger partial charge in [-0.2, -0.15) is 0 Å². The summed E-state index contributed by atoms with van der Waals surface area (Å²) in [5.41, 5.74) is 13.0. The summed E-state index contributed by atoms with van der Waals surface area (Å²) in [5.74, 6) is 1.96. The predicted octanol–water partition coefficient (Wildman–Crippen LogP) is 11.7. The number of hydrogen-bond donors (Lipinski definition) is 0. The minimum Gasteiger partial charge on any atom is -0.208 e. The zero-order chi connectivity index (χ0) is 33.0. The lowest BCUT2D eigenvalue weighted by Gasteiger charge is -2.23. The molecule has 0 spiro atoms. The van der Waals surface area contributed by atoms with Crippen molar-refractivity contribution >= 4 is 10.8 Å². The molecule has 0 aliphatic heterocycles. The third-order valence-corrected chi connectivity index (χ3v) is 9.90. The number of hydrogen-bond acceptors (Lipinski definition) is 3. The maximum atomic E-state index is 4.99. The van der Waals surface area contributed by atoms with Crippen molar-refractivity contribution in [3.63, 3.8) is 0 Å². The molecule has 232 valence electrons. The van der Waals surface area contributed by atoms with Gasteiger partial charge in [0.2, 0.25) is 0 Å². The summed E-state index contributed by atoms with van der Waals surface area (Å²) < 4.78 is 0. The van der Waals surface area contributed by atoms with Crippen molar-refractivity contribution in [3.05, 3.63) is 175 Å². The molecule has 0 N–H and O–H groups in total. The molecule has 1 aromatic heterocycles. The molecule has 8 aromatic rings. The van der Waals surface area contributed by atoms with Crippen LogP contribution < -0.4 is 0 Å². The van der Waals surface area contributed by atoms with Crippen LogP contribution in [0.5, 0.6) is 0 Å². The van der Waals surface area contributed by atoms with E-state index in [0.717, 1.165) is 27.8 Å². The average molecular weight is 628 g/mol. The van der Waals surface area contributed by atoms with Crippen LogP contribution in [0.15, 0.2) is 164 Å². The van der Waals surface area contributed by atoms with Gasteiger partial charge in [0.1, 0.15) is 0 Å². The summed E-state index contributed by atoms with van der Waals surface area (Å²) in [6.07, 6.45) is 0. The van der Waals surface area contributed by atoms with Gasteiger partial charge < -0.3 is 0 Å². The van der Waals surface area contributed by atoms with E-state index >= 15 is 0 Å². The summed E-state index contributed by atoms with van der Waals surface area (Å²) in [7, 11) is 0. The highest BCUT2D eigenvalue weighted by Gasteiger charge is 2.37. The van der Waals surface area contributed by atoms with Crippen LogP contribution in [-0.2, 0) is 5.41 Å². The average Bonchev–Trinajstić information content (AvgIpc) is 3.40. The van der Waals surface area contributed by atoms with E-state index in [1.165, 1.54) is 44.2 Å². The van der Waals surface area contributed by atoms with Gasteiger partial charge in [-0.05, 0) is 73.5 Å². The van der Waals surface area contributed by atoms with Crippen molar-refractivity contribution in [1.82, 2.24) is 15.0 Å². The van der Waals surface area contributed by atoms with Crippen LogP contribution in [-0.4, -0.2) is 15.0 Å². The van der Waals surface area contributed by atoms with Crippen LogP contribution in [0.3, 0.4) is 0 Å². The smallest absolute Gasteiger partial charge is 0.164 e. The molecule has 0 bridgehead atoms. The van der Waals surface area contributed by atoms with Crippen LogP contribution in [0.4, 0.5) is 0 Å². The zero-order valence-electron chi connectivity index (χ0n) is 27.4. The molecular weight excluding hydrogens is 595 g/mol. The van der Waals surface area contributed by atoms with Gasteiger partial charge >= 0.3 is 0 Å². The molecule has 0 unspecified atom stereocenters. The number of aromatic nitrogens is 3. The maximum absolute atomic E-state index is 4.99. The number of nitrogens with zero attached hydrogens (tertiary/aromatic N) is 3. The Bertz CT molecular complexity index is 2460. The third-order valence-electron chi connectivity index (χ3n) is 9.90. The van der Waals surface area contributed by atoms with Crippen molar-refractivity contribution in [2.75, 3.05) is 0 Å². The van der Waals surface area contributed by atoms with Gasteiger partial charge in [-0.15, -0.1) is 0 Å². The highest BCUT2D eigenvalue weighted by molar-refractivity contribution is 6.08. The molecule has 3 nitrogen and oxygen atoms in total. The first-order chi connectivity index (χ1) is 24.0. The molecule has 1 aliphatic carbocycles. The molecule has 0 saturated heterocycles. The first kappa shape index (κ1) is 29.0. The Labute approximate surface area is 286 Å². The standard InChI is InChI=1S/C46H33N3/c1-46(2)39-26-12-11-25-38(39)42-40(46)29-34-19-9-10-24-37(34)41(42)35-22-13-20-32(27-35)33-21-14-23-36(28-33)45-48-43(30-15-5-3-6-16-30)47-44(49-45)31-17-7-4-8-18-31/h3-29H,1-2H3. The summed E-state index contributed by atoms with van der Waals surface area (Å²) in [6, 6.07) is 57.9. The molecule has 0 atom stereocenters. The minimum absolute atomic E-state index is 0.0849. The Morgan fingerprint density at radius 3 is 1.53 bits per heavy atom. The quantitative estimate of drug-likeness (QED) is 0.191. The second-order valence-electron chi connectivity index (χ2n) is 13.3. The molecule has 1 aliphatic rings. The molecule has 0 amide bonds. The maximum Gasteiger partial charge on any atom is 0.164 e. The fraction of sp³-hybridized carbons (Fsp3) is 0.0652. The number of fused-ring (bicyclic) bond motifs is 4. The first-order valence-electron chi connectivity index (χ1n) is 16.8. The number of benzene rings is 7. The van der Waals surface area contributed by atoms with Crippen molar-refractivity contribution in [3.8, 4) is 67.5 Å². The van der Waals surface area contributed by atoms with E-state index in [9.17, 15) is 0 Å². The molecule has 0 radical (unpaired) electrons. The van der Waals surface area contributed by atoms with E-state index in [1.54, 1.807) is 0 Å². The van der Waals surface area contributed by atoms with E-state index in [-0.39, 0.29) is 5.41 Å². The van der Waals surface area contributed by atoms with Crippen LogP contribution in [0.1, 0.15) is 25.0 Å². The Kier molecular flexibility index (Phi) is 6.80. The van der Waals surface area contributed by atoms with Crippen LogP contribution in [0.25, 0.3) is 78.3 Å². The summed E-state index contributed by atoms with van der Waals surface area (Å²) in [5, 5.41) is 2.54. The monoisotopic (exact) mass is 627 g/mol. The molecule has 3 heteroatoms. The van der Waals surface area contributed by atoms with Crippen LogP contribution >= 0.6 is 0 Å². The van der Waals surface area contributed by atoms with E-state index < -0.39 is 0 Å². The molecule has 9 rings (SSSR count). The van der Waals surface area contributed by atoms with Crippen LogP contribution in [0, 0.1) is 0 Å². The Morgan fingerprint density at radius 1 is 0.367 bits per heavy atom. The van der Waals surface area contributed by atoms with Crippen molar-refractivity contribution in [1.29, 1.82) is 0 Å². The van der Waals surface area contributed by atoms with Crippen LogP contribution in [0.2, 0.25) is 0 Å². The lowest BCUT2D eigenvalue weighted by molar-refractivity contribution is 0.661. The Hall–Kier alpha value is -6.19. The van der Waals surface area contributed by atoms with Gasteiger partial charge in [0.05, 0.1) is 0 Å². The van der Waals surface area contributed by atoms with Gasteiger partial charge in [0.15, 0.2) is 17.5 Å². The summed E-state index contributed by atoms with van der Waals surface area (Å²) in [6.45, 7) is 4.71. The fourth-order valence-corrected chi connectivity index (χ4v) is 7.44. The highest BCUT2D eigenvalue weighted by atomic mass is 15.0. The normalized spacial score (nSPS) is 12.9. The molecule has 7 aromatic carbocycles. The zero-order valence-corrected chi connectivity index (χ0v) is 27.4. The largest absolute Gasteiger partial charge is 0.208 e. The lowest BCUT2D eigenvalue weighted by Crippen LogP contribution is -2.14. The Balaban J connectivity index is 1.19. The Morgan fingerprint density at radius 2 is 0.857 bits per heavy atom. The molecule has 49 heavy (non-hydrogen) atoms. The van der Waals surface area contributed by atoms with Gasteiger partial charge in [-0.3, -0.25) is 0 Å². The second kappa shape index (κ2) is 11.5. The fourth-order valence-electron chi connectivity index (χ4n) is 7.44. The van der Waals surface area contributed by atoms with Crippen molar-refractivity contribution in [2.45, 2.75) is 19.3 Å². The van der Waals surface area contributed by atoms with Gasteiger partial charge in [-0.1, -0.05) is 159 Å². The molecule has 1 heterocycles. The second-order valence-corrected chi connectivity index (χ2v) is 13.3. The number of rotatable bonds is 5. The van der Waals surface area contributed by atoms with Crippen molar-refractivity contribution in [2.24, 2.45) is 0 Å². The summed E-state index contributed by atoms with van der Waals surface area (Å²) >= 11 is 0. The van der Waals surface area contributed by atoms with Crippen molar-refractivity contribution < 1.29 is 0 Å². The van der Waals surface area contributed by atoms with E-state index in [0.29, 0.717) is 17.5 Å². The van der Waals surface area contributed by atoms with Gasteiger partial charge in [0, 0.05) is 22.1 Å².